The summed E-state index contributed by atoms with van der Waals surface area (Å²) in [5.74, 6) is 0. The molecule has 2 aromatic rings. The first-order valence-corrected chi connectivity index (χ1v) is 7.67. The van der Waals surface area contributed by atoms with E-state index in [4.69, 9.17) is 0 Å². The van der Waals surface area contributed by atoms with Crippen molar-refractivity contribution in [3.63, 3.8) is 0 Å². The number of aryl methyl sites for hydroxylation is 2. The Hall–Kier alpha value is -0.930. The smallest absolute Gasteiger partial charge is 0.0480 e. The van der Waals surface area contributed by atoms with Crippen molar-refractivity contribution in [2.24, 2.45) is 0 Å². The van der Waals surface area contributed by atoms with Crippen LogP contribution in [0.25, 0.3) is 0 Å². The summed E-state index contributed by atoms with van der Waals surface area (Å²) in [6, 6.07) is 10.7. The largest absolute Gasteiger partial charge is 0.380 e. The van der Waals surface area contributed by atoms with Gasteiger partial charge in [-0.15, -0.1) is 23.1 Å². The van der Waals surface area contributed by atoms with E-state index >= 15 is 0 Å². The van der Waals surface area contributed by atoms with Gasteiger partial charge in [-0.05, 0) is 43.9 Å². The highest BCUT2D eigenvalue weighted by Crippen LogP contribution is 2.26. The molecule has 0 amide bonds. The zero-order valence-corrected chi connectivity index (χ0v) is 12.0. The Kier molecular flexibility index (Phi) is 4.13. The van der Waals surface area contributed by atoms with Crippen LogP contribution in [0.15, 0.2) is 35.2 Å². The third kappa shape index (κ3) is 3.05. The number of rotatable bonds is 4. The minimum absolute atomic E-state index is 0.910. The van der Waals surface area contributed by atoms with E-state index in [0.717, 1.165) is 6.54 Å². The fourth-order valence-electron chi connectivity index (χ4n) is 1.84. The molecule has 0 aliphatic rings. The molecule has 0 atom stereocenters. The Morgan fingerprint density at radius 2 is 2.00 bits per heavy atom. The summed E-state index contributed by atoms with van der Waals surface area (Å²) in [5, 5.41) is 3.52. The average Bonchev–Trinajstić information content (AvgIpc) is 2.65. The molecule has 0 saturated heterocycles. The standard InChI is InChI=1S/C14H17NS2/c1-10-8-12(11(2)17-10)9-15-13-6-4-5-7-14(13)16-3/h4-8,15H,9H2,1-3H3. The van der Waals surface area contributed by atoms with Gasteiger partial charge in [0.15, 0.2) is 0 Å². The van der Waals surface area contributed by atoms with Gasteiger partial charge in [-0.25, -0.2) is 0 Å². The van der Waals surface area contributed by atoms with Crippen LogP contribution < -0.4 is 5.32 Å². The number of hydrogen-bond donors (Lipinski definition) is 1. The SMILES string of the molecule is CSc1ccccc1NCc1cc(C)sc1C. The molecule has 2 rings (SSSR count). The summed E-state index contributed by atoms with van der Waals surface area (Å²) in [5.41, 5.74) is 2.63. The van der Waals surface area contributed by atoms with E-state index in [0.29, 0.717) is 0 Å². The van der Waals surface area contributed by atoms with Gasteiger partial charge in [0.05, 0.1) is 0 Å². The number of anilines is 1. The molecule has 90 valence electrons. The van der Waals surface area contributed by atoms with Gasteiger partial charge in [0.1, 0.15) is 0 Å². The number of hydrogen-bond acceptors (Lipinski definition) is 3. The highest BCUT2D eigenvalue weighted by Gasteiger charge is 2.04. The first kappa shape index (κ1) is 12.5. The van der Waals surface area contributed by atoms with E-state index < -0.39 is 0 Å². The second-order valence-electron chi connectivity index (χ2n) is 3.99. The highest BCUT2D eigenvalue weighted by molar-refractivity contribution is 7.98. The number of nitrogens with one attached hydrogen (secondary N) is 1. The highest BCUT2D eigenvalue weighted by atomic mass is 32.2. The van der Waals surface area contributed by atoms with Gasteiger partial charge in [-0.2, -0.15) is 0 Å². The zero-order chi connectivity index (χ0) is 12.3. The van der Waals surface area contributed by atoms with E-state index in [-0.39, 0.29) is 0 Å². The molecule has 3 heteroatoms. The maximum atomic E-state index is 3.52. The molecule has 1 aromatic carbocycles. The molecule has 1 heterocycles. The first-order valence-electron chi connectivity index (χ1n) is 5.63. The third-order valence-corrected chi connectivity index (χ3v) is 4.52. The minimum Gasteiger partial charge on any atom is -0.380 e. The van der Waals surface area contributed by atoms with Crippen LogP contribution in [-0.2, 0) is 6.54 Å². The Labute approximate surface area is 111 Å². The minimum atomic E-state index is 0.910. The van der Waals surface area contributed by atoms with Crippen LogP contribution in [-0.4, -0.2) is 6.26 Å². The molecule has 0 spiro atoms. The number of thioether (sulfide) groups is 1. The lowest BCUT2D eigenvalue weighted by Crippen LogP contribution is -2.00. The van der Waals surface area contributed by atoms with Crippen molar-refractivity contribution < 1.29 is 0 Å². The molecule has 0 saturated carbocycles. The molecule has 0 radical (unpaired) electrons. The van der Waals surface area contributed by atoms with Gasteiger partial charge >= 0.3 is 0 Å². The third-order valence-electron chi connectivity index (χ3n) is 2.72. The van der Waals surface area contributed by atoms with Crippen molar-refractivity contribution in [3.05, 3.63) is 45.6 Å². The van der Waals surface area contributed by atoms with E-state index in [1.165, 1.54) is 25.9 Å². The molecule has 0 unspecified atom stereocenters. The second kappa shape index (κ2) is 5.61. The van der Waals surface area contributed by atoms with Gasteiger partial charge in [0.2, 0.25) is 0 Å². The van der Waals surface area contributed by atoms with E-state index in [9.17, 15) is 0 Å². The lowest BCUT2D eigenvalue weighted by molar-refractivity contribution is 1.12. The molecular formula is C14H17NS2. The van der Waals surface area contributed by atoms with Gasteiger partial charge in [0.25, 0.3) is 0 Å². The summed E-state index contributed by atoms with van der Waals surface area (Å²) in [4.78, 5) is 4.10. The van der Waals surface area contributed by atoms with Crippen molar-refractivity contribution >= 4 is 28.8 Å². The Morgan fingerprint density at radius 3 is 2.65 bits per heavy atom. The molecule has 1 aromatic heterocycles. The second-order valence-corrected chi connectivity index (χ2v) is 6.30. The average molecular weight is 263 g/mol. The van der Waals surface area contributed by atoms with Gasteiger partial charge in [0, 0.05) is 26.9 Å². The zero-order valence-electron chi connectivity index (χ0n) is 10.4. The van der Waals surface area contributed by atoms with E-state index in [1.54, 1.807) is 11.8 Å². The number of benzene rings is 1. The van der Waals surface area contributed by atoms with Gasteiger partial charge in [-0.1, -0.05) is 12.1 Å². The topological polar surface area (TPSA) is 12.0 Å². The molecule has 0 bridgehead atoms. The fourth-order valence-corrected chi connectivity index (χ4v) is 3.36. The van der Waals surface area contributed by atoms with Crippen LogP contribution in [0.4, 0.5) is 5.69 Å². The predicted molar refractivity (Wildman–Crippen MR) is 79.3 cm³/mol. The van der Waals surface area contributed by atoms with E-state index in [1.807, 2.05) is 11.3 Å². The van der Waals surface area contributed by atoms with E-state index in [2.05, 4.69) is 55.8 Å². The van der Waals surface area contributed by atoms with Crippen molar-refractivity contribution in [1.29, 1.82) is 0 Å². The maximum Gasteiger partial charge on any atom is 0.0480 e. The number of para-hydroxylation sites is 1. The maximum absolute atomic E-state index is 3.52. The fraction of sp³-hybridized carbons (Fsp3) is 0.286. The van der Waals surface area contributed by atoms with Crippen molar-refractivity contribution in [2.75, 3.05) is 11.6 Å². The lowest BCUT2D eigenvalue weighted by atomic mass is 10.2. The molecule has 1 nitrogen and oxygen atoms in total. The molecule has 0 aliphatic heterocycles. The van der Waals surface area contributed by atoms with Crippen molar-refractivity contribution in [2.45, 2.75) is 25.3 Å². The number of thiophene rings is 1. The Balaban J connectivity index is 2.09. The quantitative estimate of drug-likeness (QED) is 0.803. The van der Waals surface area contributed by atoms with Crippen LogP contribution in [0.3, 0.4) is 0 Å². The summed E-state index contributed by atoms with van der Waals surface area (Å²) < 4.78 is 0. The van der Waals surface area contributed by atoms with Gasteiger partial charge < -0.3 is 5.32 Å². The molecule has 1 N–H and O–H groups in total. The lowest BCUT2D eigenvalue weighted by Gasteiger charge is -2.09. The summed E-state index contributed by atoms with van der Waals surface area (Å²) >= 11 is 3.65. The van der Waals surface area contributed by atoms with Crippen molar-refractivity contribution in [3.8, 4) is 0 Å². The summed E-state index contributed by atoms with van der Waals surface area (Å²) in [6.07, 6.45) is 2.11. The molecule has 17 heavy (non-hydrogen) atoms. The predicted octanol–water partition coefficient (Wildman–Crippen LogP) is 4.70. The van der Waals surface area contributed by atoms with Crippen LogP contribution in [0.1, 0.15) is 15.3 Å². The Bertz CT molecular complexity index is 503. The van der Waals surface area contributed by atoms with Crippen LogP contribution >= 0.6 is 23.1 Å². The Morgan fingerprint density at radius 1 is 1.24 bits per heavy atom. The van der Waals surface area contributed by atoms with Crippen LogP contribution in [0.5, 0.6) is 0 Å². The normalized spacial score (nSPS) is 10.5. The first-order chi connectivity index (χ1) is 8.20. The van der Waals surface area contributed by atoms with Crippen molar-refractivity contribution in [1.82, 2.24) is 0 Å². The molecule has 0 fully saturated rings. The summed E-state index contributed by atoms with van der Waals surface area (Å²) in [6.45, 7) is 5.26. The van der Waals surface area contributed by atoms with Crippen LogP contribution in [0.2, 0.25) is 0 Å². The van der Waals surface area contributed by atoms with Gasteiger partial charge in [-0.3, -0.25) is 0 Å². The molecular weight excluding hydrogens is 246 g/mol. The molecule has 0 aliphatic carbocycles. The summed E-state index contributed by atoms with van der Waals surface area (Å²) in [7, 11) is 0. The van der Waals surface area contributed by atoms with Crippen LogP contribution in [0, 0.1) is 13.8 Å². The monoisotopic (exact) mass is 263 g/mol.